The Balaban J connectivity index is 2.00. The predicted octanol–water partition coefficient (Wildman–Crippen LogP) is 3.51. The quantitative estimate of drug-likeness (QED) is 0.549. The van der Waals surface area contributed by atoms with E-state index in [-0.39, 0.29) is 0 Å². The lowest BCUT2D eigenvalue weighted by molar-refractivity contribution is 0.422. The molecule has 1 fully saturated rings. The summed E-state index contributed by atoms with van der Waals surface area (Å²) in [4.78, 5) is 0. The largest absolute Gasteiger partial charge is 0.270 e. The Labute approximate surface area is 65.6 Å². The minimum Gasteiger partial charge on any atom is -0.173 e. The molecule has 0 radical (unpaired) electrons. The molecular formula is C9H12F2. The summed E-state index contributed by atoms with van der Waals surface area (Å²) in [5.74, 6) is 0.888. The Morgan fingerprint density at radius 3 is 2.64 bits per heavy atom. The molecular weight excluding hydrogens is 146 g/mol. The highest BCUT2D eigenvalue weighted by Gasteiger charge is 2.19. The van der Waals surface area contributed by atoms with Crippen molar-refractivity contribution in [3.05, 3.63) is 24.3 Å². The first-order valence-electron chi connectivity index (χ1n) is 3.97. The van der Waals surface area contributed by atoms with Crippen molar-refractivity contribution in [2.45, 2.75) is 25.7 Å². The van der Waals surface area contributed by atoms with Gasteiger partial charge in [-0.2, -0.15) is 8.78 Å². The van der Waals surface area contributed by atoms with E-state index in [0.29, 0.717) is 0 Å². The summed E-state index contributed by atoms with van der Waals surface area (Å²) in [6, 6.07) is 0. The van der Waals surface area contributed by atoms with Gasteiger partial charge in [-0.15, -0.1) is 0 Å². The van der Waals surface area contributed by atoms with Crippen LogP contribution in [0.3, 0.4) is 0 Å². The standard InChI is InChI=1S/C9H12F2/c10-9(11)5-3-1-2-4-8-6-7-8/h1,3,5,8H,2,4,6-7H2. The van der Waals surface area contributed by atoms with Gasteiger partial charge in [0.2, 0.25) is 0 Å². The average molecular weight is 158 g/mol. The number of allylic oxidation sites excluding steroid dienone is 3. The molecule has 1 rings (SSSR count). The van der Waals surface area contributed by atoms with Crippen LogP contribution >= 0.6 is 0 Å². The van der Waals surface area contributed by atoms with E-state index in [2.05, 4.69) is 0 Å². The smallest absolute Gasteiger partial charge is 0.173 e. The first-order valence-corrected chi connectivity index (χ1v) is 3.97. The van der Waals surface area contributed by atoms with Gasteiger partial charge in [-0.25, -0.2) is 0 Å². The van der Waals surface area contributed by atoms with Crippen molar-refractivity contribution in [3.63, 3.8) is 0 Å². The molecule has 1 saturated carbocycles. The Morgan fingerprint density at radius 2 is 2.09 bits per heavy atom. The third kappa shape index (κ3) is 4.71. The van der Waals surface area contributed by atoms with Crippen LogP contribution in [0.25, 0.3) is 0 Å². The molecule has 1 aliphatic carbocycles. The minimum absolute atomic E-state index is 0.840. The third-order valence-electron chi connectivity index (χ3n) is 1.80. The summed E-state index contributed by atoms with van der Waals surface area (Å²) in [5.41, 5.74) is 0. The first-order chi connectivity index (χ1) is 5.29. The fourth-order valence-electron chi connectivity index (χ4n) is 0.975. The molecule has 0 N–H and O–H groups in total. The van der Waals surface area contributed by atoms with Crippen molar-refractivity contribution in [2.24, 2.45) is 5.92 Å². The Hall–Kier alpha value is -0.660. The van der Waals surface area contributed by atoms with Crippen LogP contribution in [0, 0.1) is 5.92 Å². The molecule has 0 aromatic rings. The van der Waals surface area contributed by atoms with Gasteiger partial charge in [0, 0.05) is 6.08 Å². The molecule has 0 heterocycles. The average Bonchev–Trinajstić information content (AvgIpc) is 2.70. The van der Waals surface area contributed by atoms with E-state index >= 15 is 0 Å². The van der Waals surface area contributed by atoms with Crippen LogP contribution in [0.5, 0.6) is 0 Å². The lowest BCUT2D eigenvalue weighted by atomic mass is 10.2. The van der Waals surface area contributed by atoms with Crippen molar-refractivity contribution >= 4 is 0 Å². The highest BCUT2D eigenvalue weighted by atomic mass is 19.3. The summed E-state index contributed by atoms with van der Waals surface area (Å²) >= 11 is 0. The zero-order valence-electron chi connectivity index (χ0n) is 6.39. The lowest BCUT2D eigenvalue weighted by Gasteiger charge is -1.87. The van der Waals surface area contributed by atoms with E-state index in [0.717, 1.165) is 24.8 Å². The van der Waals surface area contributed by atoms with Crippen molar-refractivity contribution in [3.8, 4) is 0 Å². The second-order valence-corrected chi connectivity index (χ2v) is 2.91. The normalized spacial score (nSPS) is 17.3. The van der Waals surface area contributed by atoms with Crippen LogP contribution < -0.4 is 0 Å². The summed E-state index contributed by atoms with van der Waals surface area (Å²) in [6.07, 6.45) is 7.23. The minimum atomic E-state index is -1.62. The summed E-state index contributed by atoms with van der Waals surface area (Å²) in [5, 5.41) is 0. The van der Waals surface area contributed by atoms with E-state index in [1.54, 1.807) is 6.08 Å². The Kier molecular flexibility index (Phi) is 3.27. The monoisotopic (exact) mass is 158 g/mol. The highest BCUT2D eigenvalue weighted by Crippen LogP contribution is 2.33. The van der Waals surface area contributed by atoms with E-state index in [1.807, 2.05) is 0 Å². The molecule has 0 aliphatic heterocycles. The second-order valence-electron chi connectivity index (χ2n) is 2.91. The van der Waals surface area contributed by atoms with E-state index in [9.17, 15) is 8.78 Å². The molecule has 0 unspecified atom stereocenters. The Morgan fingerprint density at radius 1 is 1.36 bits per heavy atom. The highest BCUT2D eigenvalue weighted by molar-refractivity contribution is 5.02. The zero-order chi connectivity index (χ0) is 8.10. The maximum atomic E-state index is 11.4. The number of rotatable bonds is 4. The van der Waals surface area contributed by atoms with Gasteiger partial charge in [0.05, 0.1) is 0 Å². The van der Waals surface area contributed by atoms with Crippen LogP contribution in [0.15, 0.2) is 24.3 Å². The molecule has 11 heavy (non-hydrogen) atoms. The van der Waals surface area contributed by atoms with Crippen molar-refractivity contribution < 1.29 is 8.78 Å². The molecule has 0 spiro atoms. The van der Waals surface area contributed by atoms with Crippen LogP contribution in [0.2, 0.25) is 0 Å². The van der Waals surface area contributed by atoms with E-state index in [1.165, 1.54) is 18.9 Å². The topological polar surface area (TPSA) is 0 Å². The molecule has 2 heteroatoms. The fraction of sp³-hybridized carbons (Fsp3) is 0.556. The van der Waals surface area contributed by atoms with Crippen molar-refractivity contribution in [2.75, 3.05) is 0 Å². The molecule has 0 nitrogen and oxygen atoms in total. The summed E-state index contributed by atoms with van der Waals surface area (Å²) in [6.45, 7) is 0. The molecule has 0 saturated heterocycles. The van der Waals surface area contributed by atoms with Crippen molar-refractivity contribution in [1.29, 1.82) is 0 Å². The predicted molar refractivity (Wildman–Crippen MR) is 41.4 cm³/mol. The maximum Gasteiger partial charge on any atom is 0.270 e. The fourth-order valence-corrected chi connectivity index (χ4v) is 0.975. The molecule has 62 valence electrons. The molecule has 0 atom stereocenters. The van der Waals surface area contributed by atoms with Gasteiger partial charge >= 0.3 is 0 Å². The van der Waals surface area contributed by atoms with E-state index in [4.69, 9.17) is 0 Å². The van der Waals surface area contributed by atoms with Crippen LogP contribution in [-0.2, 0) is 0 Å². The first kappa shape index (κ1) is 8.44. The van der Waals surface area contributed by atoms with Gasteiger partial charge in [-0.3, -0.25) is 0 Å². The zero-order valence-corrected chi connectivity index (χ0v) is 6.39. The molecule has 0 aromatic carbocycles. The van der Waals surface area contributed by atoms with Gasteiger partial charge in [-0.1, -0.05) is 25.0 Å². The number of hydrogen-bond donors (Lipinski definition) is 0. The number of hydrogen-bond acceptors (Lipinski definition) is 0. The van der Waals surface area contributed by atoms with Gasteiger partial charge in [0.15, 0.2) is 0 Å². The molecule has 0 aromatic heterocycles. The number of halogens is 2. The van der Waals surface area contributed by atoms with Gasteiger partial charge in [0.25, 0.3) is 6.08 Å². The lowest BCUT2D eigenvalue weighted by Crippen LogP contribution is -1.71. The van der Waals surface area contributed by atoms with Gasteiger partial charge in [0.1, 0.15) is 0 Å². The van der Waals surface area contributed by atoms with Crippen LogP contribution in [-0.4, -0.2) is 0 Å². The molecule has 0 bridgehead atoms. The van der Waals surface area contributed by atoms with Crippen LogP contribution in [0.1, 0.15) is 25.7 Å². The van der Waals surface area contributed by atoms with Gasteiger partial charge < -0.3 is 0 Å². The SMILES string of the molecule is FC(F)=CC=CCCC1CC1. The molecule has 1 aliphatic rings. The van der Waals surface area contributed by atoms with Gasteiger partial charge in [-0.05, 0) is 18.8 Å². The summed E-state index contributed by atoms with van der Waals surface area (Å²) in [7, 11) is 0. The Bertz CT molecular complexity index is 162. The van der Waals surface area contributed by atoms with E-state index < -0.39 is 6.08 Å². The summed E-state index contributed by atoms with van der Waals surface area (Å²) < 4.78 is 22.9. The third-order valence-corrected chi connectivity index (χ3v) is 1.80. The van der Waals surface area contributed by atoms with Crippen molar-refractivity contribution in [1.82, 2.24) is 0 Å². The molecule has 0 amide bonds. The van der Waals surface area contributed by atoms with Crippen LogP contribution in [0.4, 0.5) is 8.78 Å². The maximum absolute atomic E-state index is 11.4. The second kappa shape index (κ2) is 4.27.